The van der Waals surface area contributed by atoms with E-state index in [1.807, 2.05) is 0 Å². The van der Waals surface area contributed by atoms with Gasteiger partial charge in [0, 0.05) is 22.5 Å². The van der Waals surface area contributed by atoms with Crippen LogP contribution in [-0.2, 0) is 11.8 Å². The fraction of sp³-hybridized carbons (Fsp3) is 0.500. The predicted octanol–water partition coefficient (Wildman–Crippen LogP) is 8.78. The number of hydrogen-bond acceptors (Lipinski definition) is 2. The molecule has 0 fully saturated rings. The monoisotopic (exact) mass is 640 g/mol. The average Bonchev–Trinajstić information content (AvgIpc) is 2.84. The Morgan fingerprint density at radius 1 is 0.357 bits per heavy atom. The predicted molar refractivity (Wildman–Crippen MR) is 118 cm³/mol. The van der Waals surface area contributed by atoms with E-state index in [-0.39, 0.29) is 35.6 Å². The maximum Gasteiger partial charge on any atom is 0.385 e. The summed E-state index contributed by atoms with van der Waals surface area (Å²) >= 11 is 0. The Morgan fingerprint density at radius 3 is 0.714 bits per heavy atom. The van der Waals surface area contributed by atoms with Crippen LogP contribution in [0.1, 0.15) is 33.4 Å². The van der Waals surface area contributed by atoms with E-state index in [0.717, 1.165) is 27.7 Å². The number of rotatable bonds is 9. The summed E-state index contributed by atoms with van der Waals surface area (Å²) in [5, 5.41) is 0. The molecule has 238 valence electrons. The molecule has 0 amide bonds. The maximum atomic E-state index is 14.6. The summed E-state index contributed by atoms with van der Waals surface area (Å²) in [6.07, 6.45) is 0. The van der Waals surface area contributed by atoms with Crippen molar-refractivity contribution in [3.05, 3.63) is 57.6 Å². The van der Waals surface area contributed by atoms with Crippen molar-refractivity contribution in [1.29, 1.82) is 0 Å². The third-order valence-electron chi connectivity index (χ3n) is 6.67. The van der Waals surface area contributed by atoms with Crippen LogP contribution in [0.25, 0.3) is 0 Å². The highest BCUT2D eigenvalue weighted by Crippen LogP contribution is 2.66. The lowest BCUT2D eigenvalue weighted by Gasteiger charge is -2.44. The molecule has 4 N–H and O–H groups in total. The van der Waals surface area contributed by atoms with Crippen molar-refractivity contribution < 1.29 is 70.2 Å². The minimum Gasteiger partial charge on any atom is -0.398 e. The normalized spacial score (nSPS) is 14.9. The summed E-state index contributed by atoms with van der Waals surface area (Å²) < 4.78 is 231. The molecule has 18 heteroatoms. The van der Waals surface area contributed by atoms with Gasteiger partial charge in [-0.3, -0.25) is 0 Å². The van der Waals surface area contributed by atoms with E-state index in [2.05, 4.69) is 0 Å². The molecule has 42 heavy (non-hydrogen) atoms. The van der Waals surface area contributed by atoms with Crippen LogP contribution < -0.4 is 11.5 Å². The molecule has 0 heterocycles. The van der Waals surface area contributed by atoms with Gasteiger partial charge in [-0.25, -0.2) is 0 Å². The molecule has 2 rings (SSSR count). The van der Waals surface area contributed by atoms with Crippen LogP contribution in [0.2, 0.25) is 0 Å². The zero-order valence-corrected chi connectivity index (χ0v) is 21.5. The highest BCUT2D eigenvalue weighted by atomic mass is 19.4. The quantitative estimate of drug-likeness (QED) is 0.213. The second-order valence-corrected chi connectivity index (χ2v) is 9.64. The first kappa shape index (κ1) is 35.1. The molecule has 0 atom stereocenters. The molecule has 2 aromatic rings. The maximum absolute atomic E-state index is 14.6. The Kier molecular flexibility index (Phi) is 8.13. The third-order valence-corrected chi connectivity index (χ3v) is 6.67. The second-order valence-electron chi connectivity index (χ2n) is 9.64. The molecule has 0 aliphatic heterocycles. The summed E-state index contributed by atoms with van der Waals surface area (Å²) in [6.45, 7) is 3.42. The smallest absolute Gasteiger partial charge is 0.385 e. The van der Waals surface area contributed by atoms with Gasteiger partial charge in [0.15, 0.2) is 0 Å². The highest BCUT2D eigenvalue weighted by Gasteiger charge is 2.95. The number of nitrogens with two attached hydrogens (primary N) is 2. The van der Waals surface area contributed by atoms with Gasteiger partial charge in [0.2, 0.25) is 0 Å². The molecular weight excluding hydrogens is 620 g/mol. The number of benzene rings is 2. The van der Waals surface area contributed by atoms with Crippen molar-refractivity contribution in [2.75, 3.05) is 11.5 Å². The van der Waals surface area contributed by atoms with E-state index < -0.39 is 80.8 Å². The fourth-order valence-electron chi connectivity index (χ4n) is 3.86. The molecule has 0 aliphatic carbocycles. The van der Waals surface area contributed by atoms with Crippen molar-refractivity contribution in [1.82, 2.24) is 0 Å². The van der Waals surface area contributed by atoms with E-state index >= 15 is 0 Å². The van der Waals surface area contributed by atoms with Crippen LogP contribution in [0.15, 0.2) is 24.3 Å². The molecule has 0 unspecified atom stereocenters. The minimum absolute atomic E-state index is 0.0392. The Morgan fingerprint density at radius 2 is 0.524 bits per heavy atom. The topological polar surface area (TPSA) is 52.0 Å². The van der Waals surface area contributed by atoms with Crippen LogP contribution >= 0.6 is 0 Å². The van der Waals surface area contributed by atoms with Gasteiger partial charge in [-0.05, 0) is 74.2 Å². The summed E-state index contributed by atoms with van der Waals surface area (Å²) in [5.74, 6) is -62.2. The summed E-state index contributed by atoms with van der Waals surface area (Å²) in [7, 11) is 0. The molecule has 0 saturated heterocycles. The van der Waals surface area contributed by atoms with Gasteiger partial charge in [-0.15, -0.1) is 0 Å². The highest BCUT2D eigenvalue weighted by molar-refractivity contribution is 5.56. The second kappa shape index (κ2) is 9.72. The summed E-state index contributed by atoms with van der Waals surface area (Å²) in [5.41, 5.74) is 3.45. The number of aryl methyl sites for hydroxylation is 4. The molecule has 0 aliphatic rings. The van der Waals surface area contributed by atoms with Crippen LogP contribution in [-0.4, -0.2) is 35.5 Å². The zero-order chi connectivity index (χ0) is 33.4. The number of alkyl halides is 16. The van der Waals surface area contributed by atoms with E-state index in [0.29, 0.717) is 0 Å². The fourth-order valence-corrected chi connectivity index (χ4v) is 3.86. The Balaban J connectivity index is 2.74. The van der Waals surface area contributed by atoms with E-state index in [1.165, 1.54) is 0 Å². The van der Waals surface area contributed by atoms with Crippen molar-refractivity contribution in [2.24, 2.45) is 0 Å². The van der Waals surface area contributed by atoms with Crippen LogP contribution in [0.3, 0.4) is 0 Å². The first-order chi connectivity index (χ1) is 18.4. The number of anilines is 2. The molecule has 2 nitrogen and oxygen atoms in total. The molecule has 0 bridgehead atoms. The van der Waals surface area contributed by atoms with E-state index in [4.69, 9.17) is 11.5 Å². The zero-order valence-electron chi connectivity index (χ0n) is 21.5. The SMILES string of the molecule is Cc1cc(C(F)(F)C(F)(F)C(F)(F)C(F)(F)C(F)(F)C(F)(F)C(F)(F)C(F)(F)c2cc(C)c(N)c(C)c2)cc(C)c1N. The first-order valence-corrected chi connectivity index (χ1v) is 11.2. The Labute approximate surface area is 226 Å². The average molecular weight is 640 g/mol. The molecule has 0 radical (unpaired) electrons. The van der Waals surface area contributed by atoms with Crippen LogP contribution in [0, 0.1) is 27.7 Å². The van der Waals surface area contributed by atoms with Crippen molar-refractivity contribution in [2.45, 2.75) is 75.1 Å². The minimum atomic E-state index is -8.51. The van der Waals surface area contributed by atoms with Gasteiger partial charge in [0.25, 0.3) is 0 Å². The number of halogens is 16. The Hall–Kier alpha value is -3.08. The first-order valence-electron chi connectivity index (χ1n) is 11.2. The molecule has 2 aromatic carbocycles. The molecule has 0 spiro atoms. The van der Waals surface area contributed by atoms with Crippen molar-refractivity contribution >= 4 is 11.4 Å². The summed E-state index contributed by atoms with van der Waals surface area (Å²) in [6, 6.07) is -0.157. The van der Waals surface area contributed by atoms with Gasteiger partial charge < -0.3 is 11.5 Å². The lowest BCUT2D eigenvalue weighted by molar-refractivity contribution is -0.456. The largest absolute Gasteiger partial charge is 0.398 e. The lowest BCUT2D eigenvalue weighted by Crippen LogP contribution is -2.74. The number of hydrogen-bond donors (Lipinski definition) is 2. The number of nitrogen functional groups attached to an aromatic ring is 2. The van der Waals surface area contributed by atoms with Gasteiger partial charge in [0.1, 0.15) is 0 Å². The van der Waals surface area contributed by atoms with E-state index in [9.17, 15) is 70.2 Å². The molecular formula is C24H20F16N2. The van der Waals surface area contributed by atoms with Crippen LogP contribution in [0.5, 0.6) is 0 Å². The van der Waals surface area contributed by atoms with E-state index in [1.54, 1.807) is 0 Å². The van der Waals surface area contributed by atoms with Crippen molar-refractivity contribution in [3.63, 3.8) is 0 Å². The lowest BCUT2D eigenvalue weighted by atomic mass is 9.84. The Bertz CT molecular complexity index is 1210. The standard InChI is InChI=1S/C24H20F16N2/c1-9-5-13(6-10(2)15(9)41)17(25,26)19(29,30)21(33,34)23(37,38)24(39,40)22(35,36)20(31,32)18(27,28)14-7-11(3)16(42)12(4)8-14/h5-8H,41-42H2,1-4H3. The van der Waals surface area contributed by atoms with Crippen molar-refractivity contribution in [3.8, 4) is 0 Å². The van der Waals surface area contributed by atoms with Gasteiger partial charge in [-0.1, -0.05) is 0 Å². The third kappa shape index (κ3) is 4.41. The van der Waals surface area contributed by atoms with Gasteiger partial charge in [-0.2, -0.15) is 70.2 Å². The molecule has 0 aromatic heterocycles. The molecule has 0 saturated carbocycles. The van der Waals surface area contributed by atoms with Gasteiger partial charge >= 0.3 is 47.4 Å². The van der Waals surface area contributed by atoms with Gasteiger partial charge in [0.05, 0.1) is 0 Å². The van der Waals surface area contributed by atoms with Crippen LogP contribution in [0.4, 0.5) is 81.6 Å². The summed E-state index contributed by atoms with van der Waals surface area (Å²) in [4.78, 5) is 0.